The molecule has 3 aromatic heterocycles. The maximum atomic E-state index is 5.20. The minimum Gasteiger partial charge on any atom is -0.472 e. The number of rotatable bonds is 0. The van der Waals surface area contributed by atoms with Crippen LogP contribution in [0, 0.1) is 0 Å². The highest BCUT2D eigenvalue weighted by atomic mass is 16.5. The number of hydrogen-bond donors (Lipinski definition) is 0. The summed E-state index contributed by atoms with van der Waals surface area (Å²) < 4.78 is 14.8. The molecule has 4 nitrogen and oxygen atoms in total. The van der Waals surface area contributed by atoms with E-state index in [4.69, 9.17) is 13.4 Å². The van der Waals surface area contributed by atoms with Gasteiger partial charge in [-0.25, -0.2) is 0 Å². The zero-order valence-corrected chi connectivity index (χ0v) is 18.3. The molecule has 0 aromatic carbocycles. The summed E-state index contributed by atoms with van der Waals surface area (Å²) in [5.41, 5.74) is 2.76. The summed E-state index contributed by atoms with van der Waals surface area (Å²) in [6.45, 7) is 19.2. The van der Waals surface area contributed by atoms with Gasteiger partial charge in [0.05, 0.1) is 24.5 Å². The lowest BCUT2D eigenvalue weighted by Gasteiger charge is -2.14. The lowest BCUT2D eigenvalue weighted by atomic mass is 9.89. The van der Waals surface area contributed by atoms with Crippen molar-refractivity contribution in [3.8, 4) is 0 Å². The van der Waals surface area contributed by atoms with E-state index in [1.165, 1.54) is 5.56 Å². The SMILES string of the molecule is CC(C)(C)c1ccco1.CC(C)(C)c1ccoc1.CC(C)(C)c1ccon1. The Balaban J connectivity index is 0.000000202. The van der Waals surface area contributed by atoms with E-state index in [9.17, 15) is 0 Å². The lowest BCUT2D eigenvalue weighted by molar-refractivity contribution is 0.393. The molecule has 0 radical (unpaired) electrons. The molecule has 0 saturated carbocycles. The summed E-state index contributed by atoms with van der Waals surface area (Å²) in [5.74, 6) is 1.04. The van der Waals surface area contributed by atoms with Crippen molar-refractivity contribution in [2.45, 2.75) is 78.6 Å². The lowest BCUT2D eigenvalue weighted by Crippen LogP contribution is -2.10. The Morgan fingerprint density at radius 3 is 1.59 bits per heavy atom. The second-order valence-corrected chi connectivity index (χ2v) is 9.62. The molecule has 0 fully saturated rings. The number of nitrogens with zero attached hydrogens (tertiary/aromatic N) is 1. The third-order valence-electron chi connectivity index (χ3n) is 3.85. The Hall–Kier alpha value is -2.23. The van der Waals surface area contributed by atoms with Crippen molar-refractivity contribution >= 4 is 0 Å². The molecule has 0 spiro atoms. The molecule has 3 rings (SSSR count). The minimum atomic E-state index is 0.118. The van der Waals surface area contributed by atoms with Gasteiger partial charge in [0.1, 0.15) is 12.0 Å². The van der Waals surface area contributed by atoms with Gasteiger partial charge >= 0.3 is 0 Å². The predicted molar refractivity (Wildman–Crippen MR) is 110 cm³/mol. The van der Waals surface area contributed by atoms with Crippen molar-refractivity contribution in [2.75, 3.05) is 0 Å². The van der Waals surface area contributed by atoms with Crippen molar-refractivity contribution in [2.24, 2.45) is 0 Å². The van der Waals surface area contributed by atoms with E-state index in [2.05, 4.69) is 67.5 Å². The van der Waals surface area contributed by atoms with Crippen LogP contribution < -0.4 is 0 Å². The average molecular weight is 374 g/mol. The number of aromatic nitrogens is 1. The molecule has 150 valence electrons. The van der Waals surface area contributed by atoms with Gasteiger partial charge in [0.25, 0.3) is 0 Å². The van der Waals surface area contributed by atoms with Crippen molar-refractivity contribution in [1.82, 2.24) is 5.16 Å². The molecule has 0 aliphatic carbocycles. The highest BCUT2D eigenvalue weighted by molar-refractivity contribution is 5.15. The number of hydrogen-bond acceptors (Lipinski definition) is 4. The van der Waals surface area contributed by atoms with E-state index in [0.29, 0.717) is 0 Å². The van der Waals surface area contributed by atoms with Gasteiger partial charge in [-0.2, -0.15) is 0 Å². The first kappa shape index (κ1) is 22.8. The molecule has 3 aromatic rings. The maximum absolute atomic E-state index is 5.20. The van der Waals surface area contributed by atoms with Gasteiger partial charge in [-0.1, -0.05) is 67.5 Å². The van der Waals surface area contributed by atoms with Gasteiger partial charge in [0.2, 0.25) is 0 Å². The summed E-state index contributed by atoms with van der Waals surface area (Å²) in [7, 11) is 0. The highest BCUT2D eigenvalue weighted by Crippen LogP contribution is 2.22. The zero-order chi connectivity index (χ0) is 20.7. The van der Waals surface area contributed by atoms with Gasteiger partial charge in [-0.15, -0.1) is 0 Å². The first-order chi connectivity index (χ1) is 12.3. The minimum absolute atomic E-state index is 0.118. The van der Waals surface area contributed by atoms with Crippen LogP contribution in [0.2, 0.25) is 0 Å². The normalized spacial score (nSPS) is 11.9. The Labute approximate surface area is 163 Å². The van der Waals surface area contributed by atoms with Gasteiger partial charge in [0, 0.05) is 16.9 Å². The van der Waals surface area contributed by atoms with Gasteiger partial charge in [-0.05, 0) is 29.2 Å². The van der Waals surface area contributed by atoms with E-state index < -0.39 is 0 Å². The summed E-state index contributed by atoms with van der Waals surface area (Å²) >= 11 is 0. The molecule has 0 N–H and O–H groups in total. The zero-order valence-electron chi connectivity index (χ0n) is 18.3. The van der Waals surface area contributed by atoms with Crippen molar-refractivity contribution in [3.63, 3.8) is 0 Å². The average Bonchev–Trinajstić information content (AvgIpc) is 3.28. The quantitative estimate of drug-likeness (QED) is 0.421. The van der Waals surface area contributed by atoms with Crippen LogP contribution in [0.1, 0.15) is 79.3 Å². The molecule has 0 aliphatic rings. The Kier molecular flexibility index (Phi) is 7.70. The molecule has 0 saturated heterocycles. The molecular weight excluding hydrogens is 338 g/mol. The molecule has 3 heterocycles. The van der Waals surface area contributed by atoms with E-state index in [1.807, 2.05) is 24.3 Å². The highest BCUT2D eigenvalue weighted by Gasteiger charge is 2.16. The fraction of sp³-hybridized carbons (Fsp3) is 0.522. The predicted octanol–water partition coefficient (Wildman–Crippen LogP) is 7.13. The van der Waals surface area contributed by atoms with Crippen LogP contribution in [0.4, 0.5) is 0 Å². The first-order valence-corrected chi connectivity index (χ1v) is 9.29. The van der Waals surface area contributed by atoms with Crippen molar-refractivity contribution in [1.29, 1.82) is 0 Å². The van der Waals surface area contributed by atoms with Crippen LogP contribution in [-0.2, 0) is 16.2 Å². The Morgan fingerprint density at radius 1 is 0.704 bits per heavy atom. The third-order valence-corrected chi connectivity index (χ3v) is 3.85. The second-order valence-electron chi connectivity index (χ2n) is 9.62. The molecule has 0 aliphatic heterocycles. The maximum Gasteiger partial charge on any atom is 0.124 e. The van der Waals surface area contributed by atoms with Crippen LogP contribution >= 0.6 is 0 Å². The van der Waals surface area contributed by atoms with Gasteiger partial charge in [0.15, 0.2) is 0 Å². The van der Waals surface area contributed by atoms with E-state index in [0.717, 1.165) is 11.5 Å². The summed E-state index contributed by atoms with van der Waals surface area (Å²) in [6, 6.07) is 7.81. The molecule has 4 heteroatoms. The topological polar surface area (TPSA) is 52.3 Å². The second kappa shape index (κ2) is 9.12. The number of furan rings is 2. The molecule has 0 atom stereocenters. The van der Waals surface area contributed by atoms with Crippen LogP contribution in [0.15, 0.2) is 62.7 Å². The van der Waals surface area contributed by atoms with E-state index in [1.54, 1.807) is 25.1 Å². The molecular formula is C23H35NO3. The van der Waals surface area contributed by atoms with Crippen LogP contribution in [-0.4, -0.2) is 5.16 Å². The fourth-order valence-electron chi connectivity index (χ4n) is 2.00. The van der Waals surface area contributed by atoms with Crippen molar-refractivity contribution < 1.29 is 13.4 Å². The monoisotopic (exact) mass is 373 g/mol. The van der Waals surface area contributed by atoms with E-state index in [-0.39, 0.29) is 16.2 Å². The van der Waals surface area contributed by atoms with Crippen LogP contribution in [0.5, 0.6) is 0 Å². The fourth-order valence-corrected chi connectivity index (χ4v) is 2.00. The van der Waals surface area contributed by atoms with Crippen molar-refractivity contribution in [3.05, 3.63) is 66.3 Å². The smallest absolute Gasteiger partial charge is 0.124 e. The van der Waals surface area contributed by atoms with Gasteiger partial charge in [-0.3, -0.25) is 0 Å². The Morgan fingerprint density at radius 2 is 1.37 bits per heavy atom. The molecule has 0 amide bonds. The summed E-state index contributed by atoms with van der Waals surface area (Å²) in [4.78, 5) is 0. The largest absolute Gasteiger partial charge is 0.472 e. The molecule has 0 unspecified atom stereocenters. The first-order valence-electron chi connectivity index (χ1n) is 9.29. The third kappa shape index (κ3) is 8.33. The summed E-state index contributed by atoms with van der Waals surface area (Å²) in [5, 5.41) is 3.81. The Bertz CT molecular complexity index is 612. The van der Waals surface area contributed by atoms with Crippen LogP contribution in [0.3, 0.4) is 0 Å². The van der Waals surface area contributed by atoms with Gasteiger partial charge < -0.3 is 13.4 Å². The van der Waals surface area contributed by atoms with E-state index >= 15 is 0 Å². The standard InChI is InChI=1S/2C8H12O.C7H11NO/c1-8(2,3)7-4-5-9-6-7;1-8(2,3)7-5-4-6-9-7;1-7(2,3)6-4-5-9-8-6/h2*4-6H,1-3H3;4-5H,1-3H3. The molecule has 27 heavy (non-hydrogen) atoms. The summed E-state index contributed by atoms with van der Waals surface area (Å²) in [6.07, 6.45) is 6.81. The van der Waals surface area contributed by atoms with Crippen LogP contribution in [0.25, 0.3) is 0 Å². The molecule has 0 bridgehead atoms.